The SMILES string of the molecule is CC(=O)N[C@H]1[C@H]2OC[C@](COCCOCCOCCOCCn3cc(COCC(COCc4cn(CCOCCOCCOCCOC[C@@]56CO[C@@H](O5)[C@H](NC(C)=O)[C@H]5OC(C)(C)O[C@H]56)nn4)(COCc4cn(CCOCCOCCOCCOC[C@@]56CO[C@@H](O5)[C@H](NC(C)=O)[C@H]5OC(C)(C)O[C@H]56)nn4)NC(=O)CCCCCCC(=O)CCCCCSSc4ccccn4)nn3)(O2)[C@@H]2OC(C)(C)O[C@H]12. The van der Waals surface area contributed by atoms with Gasteiger partial charge in [0.25, 0.3) is 0 Å². The Morgan fingerprint density at radius 3 is 1.05 bits per heavy atom. The predicted molar refractivity (Wildman–Crippen MR) is 488 cm³/mol. The minimum atomic E-state index is -1.28. The van der Waals surface area contributed by atoms with Gasteiger partial charge in [0.2, 0.25) is 23.6 Å². The molecule has 0 unspecified atom stereocenters. The molecular weight excluding hydrogens is 1870 g/mol. The van der Waals surface area contributed by atoms with Gasteiger partial charge >= 0.3 is 0 Å². The summed E-state index contributed by atoms with van der Waals surface area (Å²) in [7, 11) is 3.45. The molecule has 9 fully saturated rings. The van der Waals surface area contributed by atoms with Crippen LogP contribution in [0.15, 0.2) is 48.0 Å². The molecule has 4 amide bonds. The highest BCUT2D eigenvalue weighted by Gasteiger charge is 2.69. The number of unbranched alkanes of at least 4 members (excludes halogenated alkanes) is 5. The van der Waals surface area contributed by atoms with Gasteiger partial charge in [-0.25, -0.2) is 19.0 Å². The molecule has 13 rings (SSSR count). The van der Waals surface area contributed by atoms with E-state index < -0.39 is 113 Å². The third-order valence-electron chi connectivity index (χ3n) is 23.9. The molecule has 0 saturated carbocycles. The van der Waals surface area contributed by atoms with Gasteiger partial charge in [-0.2, -0.15) is 0 Å². The van der Waals surface area contributed by atoms with E-state index in [0.717, 1.165) is 49.3 Å². The number of fused-ring (bicyclic) bond motifs is 12. The van der Waals surface area contributed by atoms with Gasteiger partial charge in [-0.05, 0) is 90.2 Å². The van der Waals surface area contributed by atoms with E-state index in [1.165, 1.54) is 20.8 Å². The number of Topliss-reactive ketones (excluding diaryl/α,β-unsaturated/α-hetero) is 1. The molecule has 48 heteroatoms. The van der Waals surface area contributed by atoms with Gasteiger partial charge in [0.05, 0.1) is 256 Å². The molecule has 782 valence electrons. The largest absolute Gasteiger partial charge is 0.377 e. The summed E-state index contributed by atoms with van der Waals surface area (Å²) in [5.41, 5.74) is -2.39. The highest BCUT2D eigenvalue weighted by molar-refractivity contribution is 8.76. The van der Waals surface area contributed by atoms with Crippen molar-refractivity contribution in [3.05, 3.63) is 60.1 Å². The second-order valence-electron chi connectivity index (χ2n) is 37.1. The fourth-order valence-electron chi connectivity index (χ4n) is 17.6. The van der Waals surface area contributed by atoms with E-state index in [1.54, 1.807) is 60.4 Å². The van der Waals surface area contributed by atoms with Gasteiger partial charge in [-0.1, -0.05) is 51.8 Å². The monoisotopic (exact) mass is 2010 g/mol. The lowest BCUT2D eigenvalue weighted by molar-refractivity contribution is -0.214. The second kappa shape index (κ2) is 55.3. The zero-order chi connectivity index (χ0) is 97.8. The summed E-state index contributed by atoms with van der Waals surface area (Å²) in [6.45, 7) is 24.5. The summed E-state index contributed by atoms with van der Waals surface area (Å²) >= 11 is 0. The van der Waals surface area contributed by atoms with E-state index >= 15 is 0 Å². The summed E-state index contributed by atoms with van der Waals surface area (Å²) in [5.74, 6) is -2.28. The molecule has 0 aromatic carbocycles. The number of aromatic nitrogens is 10. The van der Waals surface area contributed by atoms with E-state index in [2.05, 4.69) is 57.2 Å². The number of carbonyl (C=O) groups is 5. The normalized spacial score (nSPS) is 26.6. The summed E-state index contributed by atoms with van der Waals surface area (Å²) in [5, 5.41) is 39.1. The number of amides is 4. The number of hydrogen-bond acceptors (Lipinski definition) is 41. The van der Waals surface area contributed by atoms with Crippen molar-refractivity contribution >= 4 is 51.0 Å². The first kappa shape index (κ1) is 110. The molecule has 4 aromatic rings. The van der Waals surface area contributed by atoms with Gasteiger partial charge < -0.3 is 149 Å². The van der Waals surface area contributed by atoms with Crippen molar-refractivity contribution in [3.8, 4) is 0 Å². The van der Waals surface area contributed by atoms with E-state index in [1.807, 2.05) is 59.7 Å². The van der Waals surface area contributed by atoms with Crippen molar-refractivity contribution in [2.45, 2.75) is 284 Å². The fraction of sp³-hybridized carbons (Fsp3) is 0.824. The third-order valence-corrected chi connectivity index (χ3v) is 26.3. The van der Waals surface area contributed by atoms with Gasteiger partial charge in [0.15, 0.2) is 36.2 Å². The molecule has 4 N–H and O–H groups in total. The Bertz CT molecular complexity index is 3980. The Morgan fingerprint density at radius 1 is 0.396 bits per heavy atom. The molecule has 139 heavy (non-hydrogen) atoms. The minimum absolute atomic E-state index is 0.0160. The number of ketones is 1. The minimum Gasteiger partial charge on any atom is -0.377 e. The summed E-state index contributed by atoms with van der Waals surface area (Å²) in [4.78, 5) is 67.7. The first-order valence-corrected chi connectivity index (χ1v) is 50.7. The van der Waals surface area contributed by atoms with E-state index in [9.17, 15) is 24.0 Å². The van der Waals surface area contributed by atoms with Crippen LogP contribution in [0.1, 0.15) is 144 Å². The van der Waals surface area contributed by atoms with Gasteiger partial charge in [-0.3, -0.25) is 24.0 Å². The topological polar surface area (TPSA) is 488 Å². The Kier molecular flexibility index (Phi) is 43.8. The number of ether oxygens (including phenoxy) is 27. The van der Waals surface area contributed by atoms with Gasteiger partial charge in [0.1, 0.15) is 105 Å². The van der Waals surface area contributed by atoms with Crippen LogP contribution >= 0.6 is 21.6 Å². The van der Waals surface area contributed by atoms with E-state index in [-0.39, 0.29) is 115 Å². The average molecular weight is 2010 g/mol. The number of pyridine rings is 1. The second-order valence-corrected chi connectivity index (χ2v) is 39.5. The van der Waals surface area contributed by atoms with E-state index in [4.69, 9.17) is 128 Å². The molecule has 0 radical (unpaired) electrons. The summed E-state index contributed by atoms with van der Waals surface area (Å²) in [6, 6.07) is 4.32. The zero-order valence-electron chi connectivity index (χ0n) is 81.6. The molecule has 13 heterocycles. The number of nitrogens with one attached hydrogen (secondary N) is 4. The number of rotatable bonds is 73. The van der Waals surface area contributed by atoms with Crippen LogP contribution in [0.5, 0.6) is 0 Å². The van der Waals surface area contributed by atoms with Crippen molar-refractivity contribution in [2.24, 2.45) is 0 Å². The Morgan fingerprint density at radius 2 is 0.719 bits per heavy atom. The average Bonchev–Trinajstić information content (AvgIpc) is 1.58. The lowest BCUT2D eigenvalue weighted by atomic mass is 9.88. The Hall–Kier alpha value is -6.26. The molecule has 15 atom stereocenters. The maximum absolute atomic E-state index is 14.4. The Balaban J connectivity index is 0.539. The highest BCUT2D eigenvalue weighted by Crippen LogP contribution is 2.50. The number of carbonyl (C=O) groups excluding carboxylic acids is 5. The maximum Gasteiger partial charge on any atom is 0.220 e. The first-order chi connectivity index (χ1) is 67.3. The van der Waals surface area contributed by atoms with E-state index in [0.29, 0.717) is 195 Å². The lowest BCUT2D eigenvalue weighted by Gasteiger charge is -2.42. The zero-order valence-corrected chi connectivity index (χ0v) is 83.2. The van der Waals surface area contributed by atoms with Crippen LogP contribution in [0.4, 0.5) is 0 Å². The third kappa shape index (κ3) is 34.4. The molecule has 0 aliphatic carbocycles. The van der Waals surface area contributed by atoms with Crippen molar-refractivity contribution in [1.82, 2.24) is 71.2 Å². The predicted octanol–water partition coefficient (Wildman–Crippen LogP) is 3.22. The first-order valence-electron chi connectivity index (χ1n) is 48.4. The van der Waals surface area contributed by atoms with Gasteiger partial charge in [0, 0.05) is 52.0 Å². The van der Waals surface area contributed by atoms with Crippen LogP contribution in [-0.4, -0.2) is 397 Å². The number of nitrogens with zero attached hydrogens (tertiary/aromatic N) is 10. The quantitative estimate of drug-likeness (QED) is 0.0364. The molecule has 9 aliphatic heterocycles. The van der Waals surface area contributed by atoms with Crippen LogP contribution in [0.3, 0.4) is 0 Å². The van der Waals surface area contributed by atoms with Crippen LogP contribution in [-0.2, 0) is 191 Å². The summed E-state index contributed by atoms with van der Waals surface area (Å²) in [6.07, 6.45) is 9.09. The fourth-order valence-corrected chi connectivity index (χ4v) is 19.7. The van der Waals surface area contributed by atoms with Crippen LogP contribution in [0.2, 0.25) is 0 Å². The van der Waals surface area contributed by atoms with Crippen molar-refractivity contribution < 1.29 is 152 Å². The van der Waals surface area contributed by atoms with Crippen LogP contribution in [0.25, 0.3) is 0 Å². The molecule has 6 bridgehead atoms. The molecule has 0 spiro atoms. The maximum atomic E-state index is 14.4. The molecule has 9 saturated heterocycles. The van der Waals surface area contributed by atoms with Gasteiger partial charge in [-0.15, -0.1) is 15.3 Å². The standard InChI is InChI=1S/C91H144N14O32S2/c1-64(106)93-73-76-79(132-85(4,5)129-76)89(61-126-82(73)135-89)58-120-45-42-117-39-36-114-33-30-111-27-24-103-49-67(97-100-103)52-123-55-88(96-71(110)21-15-11-10-13-19-70(109)20-14-12-18-48-138-139-72-22-16-17-23-92-72,56-124-53-68-50-104(101-98-68)25-28-112-31-34-115-37-40-118-43-46-121-59-90-62-127-83(136-90)74(94-65(2)107)77-80(90)133-86(6,7)130-77)57-125-54-69-51-105(102-99-69)26-29-113-32-35-116-38-41-119-44-47-122-60-91-63-128-84(137-91)75(95-66(3)108)78-81(91)134-87(8,9)131-78/h16-17,22-23,49-51,73-84H,10-15,18-21,24-48,52-63H2,1-9H3,(H,93,106)(H,94,107)(H,95,108)(H,96,110)/t73-,74-,75-,76-,77-,78-,79-,80-,81-,82+,83+,84+,89+,90+,91+/m1/s1. The van der Waals surface area contributed by atoms with Crippen molar-refractivity contribution in [1.29, 1.82) is 0 Å². The van der Waals surface area contributed by atoms with Crippen LogP contribution < -0.4 is 21.3 Å². The molecule has 9 aliphatic rings. The Labute approximate surface area is 818 Å². The van der Waals surface area contributed by atoms with Crippen LogP contribution in [0, 0.1) is 0 Å². The van der Waals surface area contributed by atoms with Crippen molar-refractivity contribution in [2.75, 3.05) is 204 Å². The number of hydrogen-bond donors (Lipinski definition) is 4. The smallest absolute Gasteiger partial charge is 0.220 e. The lowest BCUT2D eigenvalue weighted by Crippen LogP contribution is -2.65. The van der Waals surface area contributed by atoms with Crippen molar-refractivity contribution in [3.63, 3.8) is 0 Å². The summed E-state index contributed by atoms with van der Waals surface area (Å²) < 4.78 is 169. The highest BCUT2D eigenvalue weighted by atomic mass is 33.1. The molecular formula is C91H144N14O32S2. The molecule has 46 nitrogen and oxygen atoms in total. The molecule has 4 aromatic heterocycles.